The van der Waals surface area contributed by atoms with E-state index in [-0.39, 0.29) is 17.9 Å². The first-order chi connectivity index (χ1) is 15.4. The molecular formula is C25H27N3O3S. The Morgan fingerprint density at radius 3 is 2.66 bits per heavy atom. The highest BCUT2D eigenvalue weighted by atomic mass is 32.1. The van der Waals surface area contributed by atoms with Crippen molar-refractivity contribution in [1.29, 1.82) is 0 Å². The number of hydrogen-bond acceptors (Lipinski definition) is 5. The Kier molecular flexibility index (Phi) is 8.16. The fourth-order valence-corrected chi connectivity index (χ4v) is 3.56. The molecule has 7 heteroatoms. The first kappa shape index (κ1) is 23.2. The molecule has 2 amide bonds. The quantitative estimate of drug-likeness (QED) is 0.436. The van der Waals surface area contributed by atoms with Crippen LogP contribution in [-0.2, 0) is 16.2 Å². The van der Waals surface area contributed by atoms with E-state index in [1.807, 2.05) is 74.7 Å². The van der Waals surface area contributed by atoms with E-state index in [1.54, 1.807) is 17.4 Å². The third-order valence-electron chi connectivity index (χ3n) is 4.71. The van der Waals surface area contributed by atoms with Gasteiger partial charge in [0.1, 0.15) is 12.4 Å². The normalized spacial score (nSPS) is 11.8. The van der Waals surface area contributed by atoms with E-state index in [4.69, 9.17) is 4.74 Å². The number of amides is 2. The maximum Gasteiger partial charge on any atom is 0.244 e. The van der Waals surface area contributed by atoms with Gasteiger partial charge in [-0.25, -0.2) is 4.98 Å². The molecule has 0 fully saturated rings. The minimum Gasteiger partial charge on any atom is -0.487 e. The van der Waals surface area contributed by atoms with Gasteiger partial charge in [0.05, 0.1) is 16.7 Å². The maximum atomic E-state index is 12.4. The number of aromatic nitrogens is 1. The standard InChI is InChI=1S/C25H27N3O3S/c1-4-24(29)28-21-11-9-20(10-12-21)17(2)26-25(30)13-8-19-6-5-7-23(14-19)31-15-22-16-32-18(3)27-22/h5-14,16-17H,4,15H2,1-3H3,(H,26,30)(H,28,29)/b13-8+. The predicted molar refractivity (Wildman–Crippen MR) is 129 cm³/mol. The van der Waals surface area contributed by atoms with Crippen molar-refractivity contribution in [2.45, 2.75) is 39.8 Å². The van der Waals surface area contributed by atoms with Crippen LogP contribution in [0.5, 0.6) is 5.75 Å². The second-order valence-electron chi connectivity index (χ2n) is 7.31. The van der Waals surface area contributed by atoms with Gasteiger partial charge in [-0.1, -0.05) is 31.2 Å². The highest BCUT2D eigenvalue weighted by molar-refractivity contribution is 7.09. The third-order valence-corrected chi connectivity index (χ3v) is 5.54. The van der Waals surface area contributed by atoms with Crippen molar-refractivity contribution in [1.82, 2.24) is 10.3 Å². The summed E-state index contributed by atoms with van der Waals surface area (Å²) in [5.41, 5.74) is 3.47. The van der Waals surface area contributed by atoms with Crippen LogP contribution in [0.3, 0.4) is 0 Å². The summed E-state index contributed by atoms with van der Waals surface area (Å²) in [4.78, 5) is 28.2. The Hall–Kier alpha value is -3.45. The number of rotatable bonds is 9. The monoisotopic (exact) mass is 449 g/mol. The lowest BCUT2D eigenvalue weighted by atomic mass is 10.1. The molecule has 166 valence electrons. The smallest absolute Gasteiger partial charge is 0.244 e. The van der Waals surface area contributed by atoms with Gasteiger partial charge in [0, 0.05) is 23.6 Å². The van der Waals surface area contributed by atoms with Crippen LogP contribution in [-0.4, -0.2) is 16.8 Å². The summed E-state index contributed by atoms with van der Waals surface area (Å²) in [7, 11) is 0. The number of carbonyl (C=O) groups is 2. The molecule has 32 heavy (non-hydrogen) atoms. The Balaban J connectivity index is 1.52. The summed E-state index contributed by atoms with van der Waals surface area (Å²) >= 11 is 1.60. The van der Waals surface area contributed by atoms with Crippen molar-refractivity contribution >= 4 is 34.9 Å². The molecule has 1 atom stereocenters. The highest BCUT2D eigenvalue weighted by Gasteiger charge is 2.08. The van der Waals surface area contributed by atoms with Crippen LogP contribution in [0.25, 0.3) is 6.08 Å². The minimum absolute atomic E-state index is 0.0306. The molecule has 2 N–H and O–H groups in total. The average molecular weight is 450 g/mol. The van der Waals surface area contributed by atoms with Gasteiger partial charge in [-0.3, -0.25) is 9.59 Å². The summed E-state index contributed by atoms with van der Waals surface area (Å²) in [5.74, 6) is 0.504. The average Bonchev–Trinajstić information content (AvgIpc) is 3.22. The fraction of sp³-hybridized carbons (Fsp3) is 0.240. The predicted octanol–water partition coefficient (Wildman–Crippen LogP) is 5.27. The van der Waals surface area contributed by atoms with Crippen LogP contribution in [0, 0.1) is 6.92 Å². The van der Waals surface area contributed by atoms with Crippen molar-refractivity contribution < 1.29 is 14.3 Å². The lowest BCUT2D eigenvalue weighted by Gasteiger charge is -2.14. The van der Waals surface area contributed by atoms with Crippen molar-refractivity contribution in [3.63, 3.8) is 0 Å². The zero-order valence-electron chi connectivity index (χ0n) is 18.4. The van der Waals surface area contributed by atoms with Gasteiger partial charge in [-0.05, 0) is 55.3 Å². The number of thiazole rings is 1. The van der Waals surface area contributed by atoms with Crippen LogP contribution < -0.4 is 15.4 Å². The molecular weight excluding hydrogens is 422 g/mol. The number of ether oxygens (including phenoxy) is 1. The topological polar surface area (TPSA) is 80.3 Å². The number of aryl methyl sites for hydroxylation is 1. The minimum atomic E-state index is -0.190. The lowest BCUT2D eigenvalue weighted by molar-refractivity contribution is -0.117. The van der Waals surface area contributed by atoms with Gasteiger partial charge in [-0.2, -0.15) is 0 Å². The molecule has 0 spiro atoms. The number of anilines is 1. The third kappa shape index (κ3) is 7.06. The van der Waals surface area contributed by atoms with Crippen LogP contribution in [0.1, 0.15) is 48.1 Å². The summed E-state index contributed by atoms with van der Waals surface area (Å²) in [6, 6.07) is 14.9. The highest BCUT2D eigenvalue weighted by Crippen LogP contribution is 2.18. The van der Waals surface area contributed by atoms with E-state index in [0.29, 0.717) is 13.0 Å². The van der Waals surface area contributed by atoms with E-state index >= 15 is 0 Å². The van der Waals surface area contributed by atoms with Crippen LogP contribution in [0.15, 0.2) is 60.0 Å². The van der Waals surface area contributed by atoms with E-state index in [1.165, 1.54) is 6.08 Å². The van der Waals surface area contributed by atoms with Crippen LogP contribution in [0.2, 0.25) is 0 Å². The van der Waals surface area contributed by atoms with Crippen LogP contribution in [0.4, 0.5) is 5.69 Å². The first-order valence-corrected chi connectivity index (χ1v) is 11.3. The Morgan fingerprint density at radius 1 is 1.19 bits per heavy atom. The molecule has 1 heterocycles. The molecule has 3 rings (SSSR count). The van der Waals surface area contributed by atoms with E-state index < -0.39 is 0 Å². The molecule has 0 bridgehead atoms. The molecule has 0 saturated heterocycles. The van der Waals surface area contributed by atoms with Crippen molar-refractivity contribution in [2.24, 2.45) is 0 Å². The van der Waals surface area contributed by atoms with Crippen molar-refractivity contribution in [3.8, 4) is 5.75 Å². The molecule has 0 aliphatic heterocycles. The molecule has 3 aromatic rings. The molecule has 0 aliphatic rings. The van der Waals surface area contributed by atoms with Gasteiger partial charge < -0.3 is 15.4 Å². The summed E-state index contributed by atoms with van der Waals surface area (Å²) in [5, 5.41) is 8.76. The van der Waals surface area contributed by atoms with Gasteiger partial charge in [0.2, 0.25) is 11.8 Å². The Labute approximate surface area is 192 Å². The van der Waals surface area contributed by atoms with Crippen LogP contribution >= 0.6 is 11.3 Å². The Morgan fingerprint density at radius 2 is 1.97 bits per heavy atom. The molecule has 6 nitrogen and oxygen atoms in total. The zero-order valence-corrected chi connectivity index (χ0v) is 19.2. The molecule has 0 aliphatic carbocycles. The van der Waals surface area contributed by atoms with E-state index in [9.17, 15) is 9.59 Å². The first-order valence-electron chi connectivity index (χ1n) is 10.4. The number of carbonyl (C=O) groups excluding carboxylic acids is 2. The van der Waals surface area contributed by atoms with Gasteiger partial charge in [0.25, 0.3) is 0 Å². The molecule has 0 radical (unpaired) electrons. The van der Waals surface area contributed by atoms with E-state index in [0.717, 1.165) is 33.3 Å². The van der Waals surface area contributed by atoms with Gasteiger partial charge >= 0.3 is 0 Å². The zero-order chi connectivity index (χ0) is 22.9. The maximum absolute atomic E-state index is 12.4. The number of nitrogens with zero attached hydrogens (tertiary/aromatic N) is 1. The van der Waals surface area contributed by atoms with E-state index in [2.05, 4.69) is 15.6 Å². The lowest BCUT2D eigenvalue weighted by Crippen LogP contribution is -2.24. The second-order valence-corrected chi connectivity index (χ2v) is 8.37. The summed E-state index contributed by atoms with van der Waals surface area (Å²) < 4.78 is 5.80. The number of benzene rings is 2. The Bertz CT molecular complexity index is 1090. The summed E-state index contributed by atoms with van der Waals surface area (Å²) in [6.45, 7) is 6.10. The summed E-state index contributed by atoms with van der Waals surface area (Å²) in [6.07, 6.45) is 3.70. The molecule has 0 saturated carbocycles. The number of hydrogen-bond donors (Lipinski definition) is 2. The molecule has 1 aromatic heterocycles. The van der Waals surface area contributed by atoms with Gasteiger partial charge in [-0.15, -0.1) is 11.3 Å². The van der Waals surface area contributed by atoms with Crippen molar-refractivity contribution in [3.05, 3.63) is 81.8 Å². The van der Waals surface area contributed by atoms with Gasteiger partial charge in [0.15, 0.2) is 0 Å². The number of nitrogens with one attached hydrogen (secondary N) is 2. The largest absolute Gasteiger partial charge is 0.487 e. The molecule has 2 aromatic carbocycles. The SMILES string of the molecule is CCC(=O)Nc1ccc(C(C)NC(=O)/C=C/c2cccc(OCc3csc(C)n3)c2)cc1. The fourth-order valence-electron chi connectivity index (χ4n) is 2.96. The van der Waals surface area contributed by atoms with Crippen molar-refractivity contribution in [2.75, 3.05) is 5.32 Å². The second kappa shape index (κ2) is 11.2. The molecule has 1 unspecified atom stereocenters.